The second-order valence-electron chi connectivity index (χ2n) is 17.4. The Hall–Kier alpha value is -8.42. The molecule has 0 amide bonds. The molecule has 0 saturated heterocycles. The average molecular weight is 1130 g/mol. The largest absolute Gasteiger partial charge is 3.00 e. The maximum Gasteiger partial charge on any atom is 3.00 e. The van der Waals surface area contributed by atoms with Gasteiger partial charge >= 0.3 is 20.1 Å². The summed E-state index contributed by atoms with van der Waals surface area (Å²) in [4.78, 5) is 13.5. The topological polar surface area (TPSA) is 38.7 Å². The Morgan fingerprint density at radius 2 is 0.726 bits per heavy atom. The SMILES string of the molecule is Fc1cc(-c2c[c-]c(-c3ccccn3)cc2)c(-c2cc(CCc3c[c-]c(-c4ccccn4)cc3-c3ccc(-c4ccccc4)cc3)cc(-c3cc(F)c(F)cc3-c3c[c-]c(-c4ccccn4)cc3)c2)cc1F.[Ir+3]. The van der Waals surface area contributed by atoms with Crippen LogP contribution in [0.3, 0.4) is 0 Å². The number of rotatable bonds is 12. The van der Waals surface area contributed by atoms with Gasteiger partial charge in [-0.15, -0.1) is 89.0 Å². The van der Waals surface area contributed by atoms with E-state index in [4.69, 9.17) is 0 Å². The quantitative estimate of drug-likeness (QED) is 0.0904. The fraction of sp³-hybridized carbons (Fsp3) is 0.0308. The zero-order chi connectivity index (χ0) is 49.0. The number of halogens is 4. The molecule has 11 aromatic rings. The van der Waals surface area contributed by atoms with Crippen molar-refractivity contribution in [2.75, 3.05) is 0 Å². The van der Waals surface area contributed by atoms with Crippen LogP contribution in [-0.4, -0.2) is 15.0 Å². The van der Waals surface area contributed by atoms with Crippen LogP contribution in [0.15, 0.2) is 219 Å². The van der Waals surface area contributed by atoms with Gasteiger partial charge in [0, 0.05) is 18.6 Å². The fourth-order valence-electron chi connectivity index (χ4n) is 9.16. The van der Waals surface area contributed by atoms with Crippen LogP contribution in [0.2, 0.25) is 0 Å². The van der Waals surface area contributed by atoms with E-state index in [1.165, 1.54) is 24.3 Å². The van der Waals surface area contributed by atoms with Crippen LogP contribution in [0, 0.1) is 41.5 Å². The van der Waals surface area contributed by atoms with E-state index in [1.807, 2.05) is 121 Å². The predicted octanol–water partition coefficient (Wildman–Crippen LogP) is 16.6. The third-order valence-electron chi connectivity index (χ3n) is 12.8. The molecule has 0 fully saturated rings. The molecule has 8 heteroatoms. The molecule has 352 valence electrons. The van der Waals surface area contributed by atoms with E-state index in [0.29, 0.717) is 57.3 Å². The predicted molar refractivity (Wildman–Crippen MR) is 279 cm³/mol. The Bertz CT molecular complexity index is 3530. The van der Waals surface area contributed by atoms with Gasteiger partial charge in [-0.2, -0.15) is 0 Å². The molecule has 11 rings (SSSR count). The Morgan fingerprint density at radius 1 is 0.315 bits per heavy atom. The van der Waals surface area contributed by atoms with Crippen molar-refractivity contribution in [1.29, 1.82) is 0 Å². The molecule has 3 nitrogen and oxygen atoms in total. The number of aromatic nitrogens is 3. The number of hydrogen-bond acceptors (Lipinski definition) is 3. The van der Waals surface area contributed by atoms with Crippen molar-refractivity contribution < 1.29 is 37.7 Å². The first-order valence-corrected chi connectivity index (χ1v) is 23.4. The summed E-state index contributed by atoms with van der Waals surface area (Å²) in [5.41, 5.74) is 14.6. The Balaban J connectivity index is 0.00000611. The van der Waals surface area contributed by atoms with Crippen LogP contribution in [-0.2, 0) is 32.9 Å². The summed E-state index contributed by atoms with van der Waals surface area (Å²) in [6.07, 6.45) is 6.17. The van der Waals surface area contributed by atoms with Crippen molar-refractivity contribution in [3.8, 4) is 101 Å². The summed E-state index contributed by atoms with van der Waals surface area (Å²) in [7, 11) is 0. The van der Waals surface area contributed by atoms with Crippen molar-refractivity contribution in [1.82, 2.24) is 15.0 Å². The summed E-state index contributed by atoms with van der Waals surface area (Å²) in [5.74, 6) is -4.08. The molecule has 0 N–H and O–H groups in total. The number of benzene rings is 8. The molecule has 73 heavy (non-hydrogen) atoms. The fourth-order valence-corrected chi connectivity index (χ4v) is 9.16. The minimum Gasteiger partial charge on any atom is -0.305 e. The van der Waals surface area contributed by atoms with Crippen molar-refractivity contribution >= 4 is 0 Å². The standard InChI is InChI=1S/C65H40F4N3.Ir/c66-59-38-55(47-21-26-49(27-22-47)63-12-4-7-31-70-63)57(40-61(59)68)52-34-42(35-53(36-52)58-41-62(69)60(67)39-56(58)48-23-28-50(29-24-48)64-13-5-8-32-71-64)15-16-45-25-30-51(65-14-6-9-33-72-65)37-54(45)46-19-17-44(18-20-46)43-10-2-1-3-11-43;/h1-14,17-26,28,31-41H,15-16H2;/q-3;+3. The molecule has 0 saturated carbocycles. The molecule has 0 bridgehead atoms. The van der Waals surface area contributed by atoms with Crippen LogP contribution >= 0.6 is 0 Å². The van der Waals surface area contributed by atoms with E-state index < -0.39 is 23.3 Å². The molecule has 0 aliphatic heterocycles. The van der Waals surface area contributed by atoms with Crippen LogP contribution < -0.4 is 0 Å². The zero-order valence-corrected chi connectivity index (χ0v) is 41.3. The van der Waals surface area contributed by atoms with E-state index in [1.54, 1.807) is 30.7 Å². The van der Waals surface area contributed by atoms with Crippen LogP contribution in [0.1, 0.15) is 11.1 Å². The first-order valence-electron chi connectivity index (χ1n) is 23.4. The van der Waals surface area contributed by atoms with Crippen LogP contribution in [0.5, 0.6) is 0 Å². The third-order valence-corrected chi connectivity index (χ3v) is 12.8. The van der Waals surface area contributed by atoms with E-state index >= 15 is 17.6 Å². The van der Waals surface area contributed by atoms with E-state index in [9.17, 15) is 0 Å². The summed E-state index contributed by atoms with van der Waals surface area (Å²) >= 11 is 0. The molecule has 0 unspecified atom stereocenters. The maximum atomic E-state index is 15.7. The Labute approximate surface area is 435 Å². The molecule has 8 aromatic carbocycles. The number of aryl methyl sites for hydroxylation is 2. The summed E-state index contributed by atoms with van der Waals surface area (Å²) in [6, 6.07) is 71.2. The summed E-state index contributed by atoms with van der Waals surface area (Å²) in [6.45, 7) is 0. The summed E-state index contributed by atoms with van der Waals surface area (Å²) < 4.78 is 62.2. The molecule has 0 atom stereocenters. The van der Waals surface area contributed by atoms with E-state index in [0.717, 1.165) is 67.2 Å². The smallest absolute Gasteiger partial charge is 0.305 e. The van der Waals surface area contributed by atoms with Gasteiger partial charge in [-0.05, 0) is 128 Å². The van der Waals surface area contributed by atoms with Crippen LogP contribution in [0.25, 0.3) is 101 Å². The molecule has 0 spiro atoms. The van der Waals surface area contributed by atoms with Crippen molar-refractivity contribution in [3.63, 3.8) is 0 Å². The van der Waals surface area contributed by atoms with Gasteiger partial charge < -0.3 is 15.0 Å². The first-order chi connectivity index (χ1) is 35.3. The molecular formula is C65H40F4IrN3. The normalized spacial score (nSPS) is 11.0. The van der Waals surface area contributed by atoms with Gasteiger partial charge in [0.25, 0.3) is 0 Å². The first kappa shape index (κ1) is 48.2. The average Bonchev–Trinajstić information content (AvgIpc) is 3.44. The Kier molecular flexibility index (Phi) is 14.2. The van der Waals surface area contributed by atoms with Gasteiger partial charge in [0.15, 0.2) is 23.3 Å². The van der Waals surface area contributed by atoms with Gasteiger partial charge in [-0.25, -0.2) is 17.6 Å². The second kappa shape index (κ2) is 21.5. The van der Waals surface area contributed by atoms with Gasteiger partial charge in [0.05, 0.1) is 0 Å². The minimum atomic E-state index is -1.03. The third kappa shape index (κ3) is 10.5. The molecule has 0 radical (unpaired) electrons. The molecule has 0 aliphatic rings. The van der Waals surface area contributed by atoms with E-state index in [-0.39, 0.29) is 20.1 Å². The van der Waals surface area contributed by atoms with Gasteiger partial charge in [0.2, 0.25) is 0 Å². The molecule has 3 heterocycles. The van der Waals surface area contributed by atoms with Gasteiger partial charge in [-0.1, -0.05) is 126 Å². The number of nitrogens with zero attached hydrogens (tertiary/aromatic N) is 3. The van der Waals surface area contributed by atoms with E-state index in [2.05, 4.69) is 75.6 Å². The molecule has 3 aromatic heterocycles. The molecule has 0 aliphatic carbocycles. The minimum absolute atomic E-state index is 0. The monoisotopic (exact) mass is 1130 g/mol. The van der Waals surface area contributed by atoms with Crippen molar-refractivity contribution in [2.24, 2.45) is 0 Å². The maximum absolute atomic E-state index is 15.7. The number of hydrogen-bond donors (Lipinski definition) is 0. The molecular weight excluding hydrogens is 1090 g/mol. The van der Waals surface area contributed by atoms with Crippen LogP contribution in [0.4, 0.5) is 17.6 Å². The van der Waals surface area contributed by atoms with Crippen molar-refractivity contribution in [2.45, 2.75) is 12.8 Å². The Morgan fingerprint density at radius 3 is 1.18 bits per heavy atom. The summed E-state index contributed by atoms with van der Waals surface area (Å²) in [5, 5.41) is 0. The van der Waals surface area contributed by atoms with Crippen molar-refractivity contribution in [3.05, 3.63) is 271 Å². The van der Waals surface area contributed by atoms with Gasteiger partial charge in [0.1, 0.15) is 0 Å². The number of pyridine rings is 3. The zero-order valence-electron chi connectivity index (χ0n) is 38.9. The van der Waals surface area contributed by atoms with Gasteiger partial charge in [-0.3, -0.25) is 0 Å². The second-order valence-corrected chi connectivity index (χ2v) is 17.4.